The third-order valence-electron chi connectivity index (χ3n) is 6.05. The molecule has 4 rings (SSSR count). The van der Waals surface area contributed by atoms with E-state index in [1.807, 2.05) is 48.5 Å². The maximum absolute atomic E-state index is 12.7. The molecule has 1 atom stereocenters. The van der Waals surface area contributed by atoms with Crippen LogP contribution in [0.4, 0.5) is 4.79 Å². The number of alkyl carbamates (subject to hydrolysis) is 1. The number of rotatable bonds is 10. The molecule has 0 fully saturated rings. The van der Waals surface area contributed by atoms with Crippen LogP contribution in [0.5, 0.6) is 0 Å². The molecule has 1 unspecified atom stereocenters. The van der Waals surface area contributed by atoms with Gasteiger partial charge in [-0.2, -0.15) is 0 Å². The van der Waals surface area contributed by atoms with Crippen LogP contribution in [0, 0.1) is 0 Å². The summed E-state index contributed by atoms with van der Waals surface area (Å²) in [7, 11) is 1.80. The highest BCUT2D eigenvalue weighted by Crippen LogP contribution is 2.44. The Kier molecular flexibility index (Phi) is 7.39. The molecule has 0 bridgehead atoms. The molecule has 3 N–H and O–H groups in total. The molecule has 1 aliphatic rings. The number of carboxylic acid groups (broad SMARTS) is 1. The standard InChI is InChI=1S/C25H27N5O5/c1-30-15-27-29-22(30)12-13-26-24(33)21(10-11-23(31)32)28-25(34)35-14-20-18-8-4-2-6-16(18)17-7-3-5-9-19(17)20/h2-9,15,20-21H,10-14H2,1H3,(H,26,33)(H,28,34)(H,31,32). The van der Waals surface area contributed by atoms with Crippen molar-refractivity contribution in [3.8, 4) is 11.1 Å². The highest BCUT2D eigenvalue weighted by Gasteiger charge is 2.30. The fourth-order valence-electron chi connectivity index (χ4n) is 4.27. The van der Waals surface area contributed by atoms with E-state index < -0.39 is 24.0 Å². The summed E-state index contributed by atoms with van der Waals surface area (Å²) in [5.41, 5.74) is 4.37. The lowest BCUT2D eigenvalue weighted by molar-refractivity contribution is -0.137. The van der Waals surface area contributed by atoms with E-state index in [0.717, 1.165) is 22.3 Å². The topological polar surface area (TPSA) is 135 Å². The molecule has 0 aliphatic heterocycles. The van der Waals surface area contributed by atoms with Crippen LogP contribution in [0.25, 0.3) is 11.1 Å². The predicted octanol–water partition coefficient (Wildman–Crippen LogP) is 2.25. The lowest BCUT2D eigenvalue weighted by Crippen LogP contribution is -2.47. The second-order valence-electron chi connectivity index (χ2n) is 8.35. The summed E-state index contributed by atoms with van der Waals surface area (Å²) in [5.74, 6) is -0.971. The molecule has 0 spiro atoms. The van der Waals surface area contributed by atoms with E-state index in [9.17, 15) is 14.4 Å². The van der Waals surface area contributed by atoms with Gasteiger partial charge in [-0.15, -0.1) is 10.2 Å². The summed E-state index contributed by atoms with van der Waals surface area (Å²) >= 11 is 0. The van der Waals surface area contributed by atoms with Crippen LogP contribution < -0.4 is 10.6 Å². The minimum atomic E-state index is -1.06. The second kappa shape index (κ2) is 10.8. The van der Waals surface area contributed by atoms with E-state index in [4.69, 9.17) is 9.84 Å². The van der Waals surface area contributed by atoms with Gasteiger partial charge in [-0.25, -0.2) is 4.79 Å². The average Bonchev–Trinajstić information content (AvgIpc) is 3.41. The molecule has 1 aliphatic carbocycles. The fraction of sp³-hybridized carbons (Fsp3) is 0.320. The summed E-state index contributed by atoms with van der Waals surface area (Å²) < 4.78 is 7.25. The second-order valence-corrected chi connectivity index (χ2v) is 8.35. The van der Waals surface area contributed by atoms with Crippen LogP contribution in [0.15, 0.2) is 54.9 Å². The summed E-state index contributed by atoms with van der Waals surface area (Å²) in [4.78, 5) is 36.3. The molecule has 0 saturated heterocycles. The molecule has 35 heavy (non-hydrogen) atoms. The van der Waals surface area contributed by atoms with Gasteiger partial charge >= 0.3 is 12.1 Å². The van der Waals surface area contributed by atoms with Gasteiger partial charge < -0.3 is 25.0 Å². The van der Waals surface area contributed by atoms with Crippen molar-refractivity contribution in [3.05, 3.63) is 71.8 Å². The zero-order valence-corrected chi connectivity index (χ0v) is 19.3. The molecule has 1 heterocycles. The normalized spacial score (nSPS) is 12.9. The first-order chi connectivity index (χ1) is 16.9. The Hall–Kier alpha value is -4.21. The Morgan fingerprint density at radius 3 is 2.34 bits per heavy atom. The number of aryl methyl sites for hydroxylation is 1. The van der Waals surface area contributed by atoms with Gasteiger partial charge in [0.2, 0.25) is 5.91 Å². The van der Waals surface area contributed by atoms with Crippen molar-refractivity contribution < 1.29 is 24.2 Å². The summed E-state index contributed by atoms with van der Waals surface area (Å²) in [5, 5.41) is 22.0. The zero-order chi connectivity index (χ0) is 24.8. The number of amides is 2. The third kappa shape index (κ3) is 5.65. The number of carboxylic acids is 1. The molecule has 10 nitrogen and oxygen atoms in total. The Morgan fingerprint density at radius 1 is 1.09 bits per heavy atom. The number of carbonyl (C=O) groups excluding carboxylic acids is 2. The number of nitrogens with zero attached hydrogens (tertiary/aromatic N) is 3. The maximum Gasteiger partial charge on any atom is 0.407 e. The van der Waals surface area contributed by atoms with E-state index in [-0.39, 0.29) is 31.9 Å². The highest BCUT2D eigenvalue weighted by molar-refractivity contribution is 5.86. The van der Waals surface area contributed by atoms with E-state index in [1.165, 1.54) is 0 Å². The van der Waals surface area contributed by atoms with Crippen molar-refractivity contribution in [2.45, 2.75) is 31.2 Å². The van der Waals surface area contributed by atoms with Gasteiger partial charge in [0, 0.05) is 32.4 Å². The smallest absolute Gasteiger partial charge is 0.407 e. The van der Waals surface area contributed by atoms with E-state index in [2.05, 4.69) is 20.8 Å². The van der Waals surface area contributed by atoms with Crippen LogP contribution >= 0.6 is 0 Å². The Balaban J connectivity index is 1.36. The van der Waals surface area contributed by atoms with E-state index >= 15 is 0 Å². The summed E-state index contributed by atoms with van der Waals surface area (Å²) in [6, 6.07) is 14.9. The van der Waals surface area contributed by atoms with Crippen LogP contribution in [0.1, 0.15) is 35.7 Å². The number of fused-ring (bicyclic) bond motifs is 3. The summed E-state index contributed by atoms with van der Waals surface area (Å²) in [6.07, 6.45) is 0.899. The van der Waals surface area contributed by atoms with Crippen molar-refractivity contribution in [3.63, 3.8) is 0 Å². The van der Waals surface area contributed by atoms with Crippen LogP contribution in [-0.2, 0) is 27.8 Å². The van der Waals surface area contributed by atoms with Crippen molar-refractivity contribution in [1.29, 1.82) is 0 Å². The first-order valence-corrected chi connectivity index (χ1v) is 11.4. The predicted molar refractivity (Wildman–Crippen MR) is 127 cm³/mol. The van der Waals surface area contributed by atoms with Crippen molar-refractivity contribution in [1.82, 2.24) is 25.4 Å². The van der Waals surface area contributed by atoms with Gasteiger partial charge in [-0.3, -0.25) is 9.59 Å². The molecular formula is C25H27N5O5. The van der Waals surface area contributed by atoms with E-state index in [0.29, 0.717) is 12.2 Å². The highest BCUT2D eigenvalue weighted by atomic mass is 16.5. The maximum atomic E-state index is 12.7. The SMILES string of the molecule is Cn1cnnc1CCNC(=O)C(CCC(=O)O)NC(=O)OCC1c2ccccc2-c2ccccc21. The van der Waals surface area contributed by atoms with Gasteiger partial charge in [0.15, 0.2) is 0 Å². The first kappa shape index (κ1) is 23.9. The van der Waals surface area contributed by atoms with E-state index in [1.54, 1.807) is 17.9 Å². The van der Waals surface area contributed by atoms with Crippen LogP contribution in [-0.4, -0.2) is 57.0 Å². The molecule has 3 aromatic rings. The van der Waals surface area contributed by atoms with Gasteiger partial charge in [-0.05, 0) is 28.7 Å². The quantitative estimate of drug-likeness (QED) is 0.407. The molecule has 10 heteroatoms. The number of carbonyl (C=O) groups is 3. The number of benzene rings is 2. The third-order valence-corrected chi connectivity index (χ3v) is 6.05. The number of nitrogens with one attached hydrogen (secondary N) is 2. The molecular weight excluding hydrogens is 450 g/mol. The van der Waals surface area contributed by atoms with Gasteiger partial charge in [0.1, 0.15) is 24.8 Å². The number of aromatic nitrogens is 3. The van der Waals surface area contributed by atoms with Gasteiger partial charge in [-0.1, -0.05) is 48.5 Å². The molecule has 1 aromatic heterocycles. The van der Waals surface area contributed by atoms with Gasteiger partial charge in [0.25, 0.3) is 0 Å². The lowest BCUT2D eigenvalue weighted by atomic mass is 9.98. The molecule has 0 saturated carbocycles. The summed E-state index contributed by atoms with van der Waals surface area (Å²) in [6.45, 7) is 0.362. The van der Waals surface area contributed by atoms with Crippen molar-refractivity contribution in [2.24, 2.45) is 7.05 Å². The number of ether oxygens (including phenoxy) is 1. The number of hydrogen-bond acceptors (Lipinski definition) is 6. The van der Waals surface area contributed by atoms with Crippen molar-refractivity contribution >= 4 is 18.0 Å². The minimum absolute atomic E-state index is 0.0602. The Bertz CT molecular complexity index is 1180. The monoisotopic (exact) mass is 477 g/mol. The molecule has 2 amide bonds. The average molecular weight is 478 g/mol. The largest absolute Gasteiger partial charge is 0.481 e. The first-order valence-electron chi connectivity index (χ1n) is 11.4. The number of aliphatic carboxylic acids is 1. The number of hydrogen-bond donors (Lipinski definition) is 3. The minimum Gasteiger partial charge on any atom is -0.481 e. The molecule has 2 aromatic carbocycles. The van der Waals surface area contributed by atoms with Crippen LogP contribution in [0.3, 0.4) is 0 Å². The van der Waals surface area contributed by atoms with Crippen LogP contribution in [0.2, 0.25) is 0 Å². The fourth-order valence-corrected chi connectivity index (χ4v) is 4.27. The van der Waals surface area contributed by atoms with Gasteiger partial charge in [0.05, 0.1) is 0 Å². The Morgan fingerprint density at radius 2 is 1.74 bits per heavy atom. The Labute approximate surface area is 202 Å². The lowest BCUT2D eigenvalue weighted by Gasteiger charge is -2.19. The van der Waals surface area contributed by atoms with Crippen molar-refractivity contribution in [2.75, 3.05) is 13.2 Å². The zero-order valence-electron chi connectivity index (χ0n) is 19.3. The molecule has 182 valence electrons. The molecule has 0 radical (unpaired) electrons.